The molecule has 25 heavy (non-hydrogen) atoms. The summed E-state index contributed by atoms with van der Waals surface area (Å²) in [5.74, 6) is 0.335. The van der Waals surface area contributed by atoms with Gasteiger partial charge in [-0.05, 0) is 76.0 Å². The van der Waals surface area contributed by atoms with Crippen molar-refractivity contribution in [2.24, 2.45) is 0 Å². The van der Waals surface area contributed by atoms with E-state index < -0.39 is 0 Å². The minimum absolute atomic E-state index is 0.0918. The Hall–Kier alpha value is -1.10. The molecule has 1 aromatic carbocycles. The van der Waals surface area contributed by atoms with Crippen molar-refractivity contribution in [1.82, 2.24) is 14.7 Å². The van der Waals surface area contributed by atoms with Crippen molar-refractivity contribution in [3.05, 3.63) is 34.3 Å². The van der Waals surface area contributed by atoms with Gasteiger partial charge in [0.2, 0.25) is 5.91 Å². The van der Waals surface area contributed by atoms with Gasteiger partial charge in [0.05, 0.1) is 6.04 Å². The molecule has 0 N–H and O–H groups in total. The van der Waals surface area contributed by atoms with Gasteiger partial charge in [0, 0.05) is 24.2 Å². The number of rotatable bonds is 2. The van der Waals surface area contributed by atoms with Gasteiger partial charge in [-0.3, -0.25) is 9.69 Å². The highest BCUT2D eigenvalue weighted by Crippen LogP contribution is 2.30. The molecular formula is C20H28ClN3O. The molecule has 4 nitrogen and oxygen atoms in total. The van der Waals surface area contributed by atoms with E-state index in [4.69, 9.17) is 11.6 Å². The molecule has 0 aliphatic carbocycles. The summed E-state index contributed by atoms with van der Waals surface area (Å²) in [5.41, 5.74) is 2.45. The van der Waals surface area contributed by atoms with Gasteiger partial charge in [-0.15, -0.1) is 0 Å². The van der Waals surface area contributed by atoms with Crippen molar-refractivity contribution in [1.29, 1.82) is 0 Å². The largest absolute Gasteiger partial charge is 0.337 e. The van der Waals surface area contributed by atoms with Crippen LogP contribution in [-0.2, 0) is 17.8 Å². The lowest BCUT2D eigenvalue weighted by atomic mass is 9.98. The zero-order chi connectivity index (χ0) is 17.4. The summed E-state index contributed by atoms with van der Waals surface area (Å²) < 4.78 is 0. The zero-order valence-corrected chi connectivity index (χ0v) is 15.8. The summed E-state index contributed by atoms with van der Waals surface area (Å²) in [7, 11) is 2.19. The summed E-state index contributed by atoms with van der Waals surface area (Å²) in [6.45, 7) is 4.90. The number of fused-ring (bicyclic) bond motifs is 1. The zero-order valence-electron chi connectivity index (χ0n) is 15.1. The molecule has 0 radical (unpaired) electrons. The predicted molar refractivity (Wildman–Crippen MR) is 101 cm³/mol. The third-order valence-corrected chi connectivity index (χ3v) is 6.61. The standard InChI is InChI=1S/C20H28ClN3O/c1-22-11-7-16(8-12-22)24-10-3-6-19(24)20(25)23-13-9-17-15(14-23)4-2-5-18(17)21/h2,4-5,16,19H,3,6-14H2,1H3/t19-/m0/s1. The predicted octanol–water partition coefficient (Wildman–Crippen LogP) is 2.78. The Morgan fingerprint density at radius 1 is 1.12 bits per heavy atom. The van der Waals surface area contributed by atoms with Crippen molar-refractivity contribution in [2.45, 2.75) is 50.7 Å². The molecule has 0 aromatic heterocycles. The Balaban J connectivity index is 1.45. The number of nitrogens with zero attached hydrogens (tertiary/aromatic N) is 3. The first kappa shape index (κ1) is 17.3. The van der Waals surface area contributed by atoms with E-state index in [1.54, 1.807) is 0 Å². The van der Waals surface area contributed by atoms with E-state index in [1.165, 1.54) is 24.0 Å². The normalized spacial score (nSPS) is 26.0. The molecule has 3 aliphatic heterocycles. The average Bonchev–Trinajstić information content (AvgIpc) is 3.11. The lowest BCUT2D eigenvalue weighted by molar-refractivity contribution is -0.138. The molecule has 1 atom stereocenters. The van der Waals surface area contributed by atoms with Crippen molar-refractivity contribution in [3.8, 4) is 0 Å². The van der Waals surface area contributed by atoms with Gasteiger partial charge < -0.3 is 9.80 Å². The molecule has 3 heterocycles. The minimum Gasteiger partial charge on any atom is -0.337 e. The summed E-state index contributed by atoms with van der Waals surface area (Å²) in [4.78, 5) is 20.2. The van der Waals surface area contributed by atoms with Crippen LogP contribution in [0.3, 0.4) is 0 Å². The van der Waals surface area contributed by atoms with Gasteiger partial charge in [-0.25, -0.2) is 0 Å². The lowest BCUT2D eigenvalue weighted by Crippen LogP contribution is -2.52. The summed E-state index contributed by atoms with van der Waals surface area (Å²) >= 11 is 6.32. The maximum absolute atomic E-state index is 13.3. The van der Waals surface area contributed by atoms with Gasteiger partial charge in [0.1, 0.15) is 0 Å². The van der Waals surface area contributed by atoms with Crippen molar-refractivity contribution in [3.63, 3.8) is 0 Å². The lowest BCUT2D eigenvalue weighted by Gasteiger charge is -2.40. The van der Waals surface area contributed by atoms with E-state index >= 15 is 0 Å². The van der Waals surface area contributed by atoms with E-state index in [-0.39, 0.29) is 6.04 Å². The Bertz CT molecular complexity index is 642. The number of hydrogen-bond donors (Lipinski definition) is 0. The molecule has 0 spiro atoms. The van der Waals surface area contributed by atoms with E-state index in [9.17, 15) is 4.79 Å². The van der Waals surface area contributed by atoms with Gasteiger partial charge in [-0.2, -0.15) is 0 Å². The molecule has 136 valence electrons. The van der Waals surface area contributed by atoms with E-state index in [1.807, 2.05) is 12.1 Å². The van der Waals surface area contributed by atoms with Crippen LogP contribution in [0.15, 0.2) is 18.2 Å². The van der Waals surface area contributed by atoms with Crippen LogP contribution < -0.4 is 0 Å². The topological polar surface area (TPSA) is 26.8 Å². The van der Waals surface area contributed by atoms with Crippen molar-refractivity contribution < 1.29 is 4.79 Å². The third-order valence-electron chi connectivity index (χ3n) is 6.26. The van der Waals surface area contributed by atoms with E-state index in [2.05, 4.69) is 27.8 Å². The molecule has 0 saturated carbocycles. The first-order chi connectivity index (χ1) is 12.1. The molecular weight excluding hydrogens is 334 g/mol. The number of halogens is 1. The average molecular weight is 362 g/mol. The van der Waals surface area contributed by atoms with Gasteiger partial charge in [-0.1, -0.05) is 23.7 Å². The molecule has 2 fully saturated rings. The number of piperidine rings is 1. The number of benzene rings is 1. The molecule has 1 amide bonds. The molecule has 5 heteroatoms. The fourth-order valence-corrected chi connectivity index (χ4v) is 5.07. The molecule has 4 rings (SSSR count). The van der Waals surface area contributed by atoms with Crippen LogP contribution in [0.5, 0.6) is 0 Å². The molecule has 0 bridgehead atoms. The molecule has 1 aromatic rings. The quantitative estimate of drug-likeness (QED) is 0.810. The highest BCUT2D eigenvalue weighted by atomic mass is 35.5. The number of hydrogen-bond acceptors (Lipinski definition) is 3. The molecule has 2 saturated heterocycles. The summed E-state index contributed by atoms with van der Waals surface area (Å²) in [6, 6.07) is 6.74. The first-order valence-corrected chi connectivity index (χ1v) is 10.0. The Morgan fingerprint density at radius 3 is 2.72 bits per heavy atom. The van der Waals surface area contributed by atoms with Crippen LogP contribution in [0, 0.1) is 0 Å². The van der Waals surface area contributed by atoms with Crippen LogP contribution in [-0.4, -0.2) is 65.9 Å². The fourth-order valence-electron chi connectivity index (χ4n) is 4.78. The Morgan fingerprint density at radius 2 is 1.92 bits per heavy atom. The smallest absolute Gasteiger partial charge is 0.240 e. The Labute approximate surface area is 155 Å². The first-order valence-electron chi connectivity index (χ1n) is 9.63. The number of likely N-dealkylation sites (tertiary alicyclic amines) is 2. The molecule has 3 aliphatic rings. The summed E-state index contributed by atoms with van der Waals surface area (Å²) in [5, 5.41) is 0.846. The van der Waals surface area contributed by atoms with Crippen LogP contribution >= 0.6 is 11.6 Å². The van der Waals surface area contributed by atoms with Crippen LogP contribution in [0.25, 0.3) is 0 Å². The van der Waals surface area contributed by atoms with Crippen molar-refractivity contribution in [2.75, 3.05) is 33.2 Å². The maximum Gasteiger partial charge on any atom is 0.240 e. The monoisotopic (exact) mass is 361 g/mol. The van der Waals surface area contributed by atoms with Gasteiger partial charge in [0.15, 0.2) is 0 Å². The highest BCUT2D eigenvalue weighted by molar-refractivity contribution is 6.31. The summed E-state index contributed by atoms with van der Waals surface area (Å²) in [6.07, 6.45) is 5.43. The SMILES string of the molecule is CN1CCC(N2CCC[C@H]2C(=O)N2CCc3c(Cl)cccc3C2)CC1. The van der Waals surface area contributed by atoms with Crippen molar-refractivity contribution >= 4 is 17.5 Å². The van der Waals surface area contributed by atoms with Crippen LogP contribution in [0.1, 0.15) is 36.8 Å². The second-order valence-electron chi connectivity index (χ2n) is 7.82. The van der Waals surface area contributed by atoms with E-state index in [0.29, 0.717) is 18.5 Å². The minimum atomic E-state index is 0.0918. The van der Waals surface area contributed by atoms with Gasteiger partial charge >= 0.3 is 0 Å². The second kappa shape index (κ2) is 7.26. The van der Waals surface area contributed by atoms with Crippen LogP contribution in [0.2, 0.25) is 5.02 Å². The van der Waals surface area contributed by atoms with Gasteiger partial charge in [0.25, 0.3) is 0 Å². The number of carbonyl (C=O) groups is 1. The second-order valence-corrected chi connectivity index (χ2v) is 8.22. The maximum atomic E-state index is 13.3. The number of amides is 1. The third kappa shape index (κ3) is 3.44. The molecule has 0 unspecified atom stereocenters. The number of carbonyl (C=O) groups excluding carboxylic acids is 1. The van der Waals surface area contributed by atoms with E-state index in [0.717, 1.165) is 50.5 Å². The Kier molecular flexibility index (Phi) is 5.03. The fraction of sp³-hybridized carbons (Fsp3) is 0.650. The van der Waals surface area contributed by atoms with Crippen LogP contribution in [0.4, 0.5) is 0 Å². The highest BCUT2D eigenvalue weighted by Gasteiger charge is 2.38.